The predicted molar refractivity (Wildman–Crippen MR) is 51.6 cm³/mol. The van der Waals surface area contributed by atoms with Crippen LogP contribution in [0.1, 0.15) is 0 Å². The van der Waals surface area contributed by atoms with Crippen molar-refractivity contribution in [2.75, 3.05) is 26.3 Å². The lowest BCUT2D eigenvalue weighted by molar-refractivity contribution is -0.124. The average molecular weight is 214 g/mol. The Bertz CT molecular complexity index is 321. The molecule has 2 heterocycles. The van der Waals surface area contributed by atoms with Gasteiger partial charge in [0.1, 0.15) is 5.70 Å². The van der Waals surface area contributed by atoms with Crippen LogP contribution in [0.2, 0.25) is 0 Å². The molecule has 0 bridgehead atoms. The largest absolute Gasteiger partial charge is 0.378 e. The molecule has 0 spiro atoms. The van der Waals surface area contributed by atoms with Crippen molar-refractivity contribution in [3.63, 3.8) is 0 Å². The number of morpholine rings is 1. The van der Waals surface area contributed by atoms with E-state index < -0.39 is 5.91 Å². The number of hydrogen-bond donors (Lipinski definition) is 2. The lowest BCUT2D eigenvalue weighted by Crippen LogP contribution is -2.39. The predicted octanol–water partition coefficient (Wildman–Crippen LogP) is -0.884. The van der Waals surface area contributed by atoms with Gasteiger partial charge in [0.25, 0.3) is 11.8 Å². The van der Waals surface area contributed by atoms with Gasteiger partial charge in [-0.05, 0) is 0 Å². The molecular weight excluding hydrogens is 204 g/mol. The van der Waals surface area contributed by atoms with Crippen LogP contribution < -0.4 is 5.32 Å². The summed E-state index contributed by atoms with van der Waals surface area (Å²) in [6, 6.07) is 0. The summed E-state index contributed by atoms with van der Waals surface area (Å²) in [6.07, 6.45) is 0. The lowest BCUT2D eigenvalue weighted by atomic mass is 10.3. The third kappa shape index (κ3) is 1.51. The van der Waals surface area contributed by atoms with Gasteiger partial charge in [0.15, 0.2) is 0 Å². The number of carbonyl (C=O) groups is 2. The van der Waals surface area contributed by atoms with Gasteiger partial charge in [-0.3, -0.25) is 14.9 Å². The van der Waals surface area contributed by atoms with Gasteiger partial charge in [-0.2, -0.15) is 0 Å². The molecule has 6 heteroatoms. The van der Waals surface area contributed by atoms with E-state index in [9.17, 15) is 9.59 Å². The summed E-state index contributed by atoms with van der Waals surface area (Å²) in [6.45, 7) is 2.40. The van der Waals surface area contributed by atoms with Crippen LogP contribution in [0.25, 0.3) is 0 Å². The molecule has 0 radical (unpaired) electrons. The van der Waals surface area contributed by atoms with E-state index in [0.29, 0.717) is 32.0 Å². The number of nitrogens with one attached hydrogen (secondary N) is 1. The molecule has 1 N–H and O–H groups in total. The summed E-state index contributed by atoms with van der Waals surface area (Å²) in [5.74, 6) is -0.776. The van der Waals surface area contributed by atoms with Crippen molar-refractivity contribution in [3.8, 4) is 0 Å². The Kier molecular flexibility index (Phi) is 2.47. The smallest absolute Gasteiger partial charge is 0.275 e. The van der Waals surface area contributed by atoms with E-state index in [1.807, 2.05) is 4.90 Å². The van der Waals surface area contributed by atoms with Crippen molar-refractivity contribution < 1.29 is 14.3 Å². The minimum atomic E-state index is -0.417. The van der Waals surface area contributed by atoms with Crippen molar-refractivity contribution in [2.24, 2.45) is 0 Å². The summed E-state index contributed by atoms with van der Waals surface area (Å²) >= 11 is 4.02. The van der Waals surface area contributed by atoms with Gasteiger partial charge in [-0.15, -0.1) is 12.6 Å². The molecule has 1 saturated heterocycles. The third-order valence-electron chi connectivity index (χ3n) is 2.21. The molecule has 2 rings (SSSR count). The van der Waals surface area contributed by atoms with Crippen molar-refractivity contribution in [2.45, 2.75) is 0 Å². The zero-order valence-corrected chi connectivity index (χ0v) is 8.34. The molecule has 0 saturated carbocycles. The summed E-state index contributed by atoms with van der Waals surface area (Å²) in [7, 11) is 0. The highest BCUT2D eigenvalue weighted by atomic mass is 32.1. The van der Waals surface area contributed by atoms with Crippen molar-refractivity contribution in [1.82, 2.24) is 10.2 Å². The molecule has 76 valence electrons. The topological polar surface area (TPSA) is 58.6 Å². The summed E-state index contributed by atoms with van der Waals surface area (Å²) in [4.78, 5) is 24.5. The van der Waals surface area contributed by atoms with Gasteiger partial charge in [-0.25, -0.2) is 0 Å². The normalized spacial score (nSPS) is 23.1. The Morgan fingerprint density at radius 1 is 1.21 bits per heavy atom. The molecular formula is C8H10N2O3S. The monoisotopic (exact) mass is 214 g/mol. The maximum absolute atomic E-state index is 11.4. The number of hydrogen-bond acceptors (Lipinski definition) is 5. The molecule has 0 unspecified atom stereocenters. The number of amides is 2. The summed E-state index contributed by atoms with van der Waals surface area (Å²) in [5, 5.41) is 2.20. The molecule has 2 aliphatic rings. The van der Waals surface area contributed by atoms with Crippen LogP contribution in [0.3, 0.4) is 0 Å². The summed E-state index contributed by atoms with van der Waals surface area (Å²) < 4.78 is 5.15. The molecule has 5 nitrogen and oxygen atoms in total. The summed E-state index contributed by atoms with van der Waals surface area (Å²) in [5.41, 5.74) is 0.377. The number of carbonyl (C=O) groups excluding carboxylic acids is 2. The zero-order chi connectivity index (χ0) is 10.1. The second kappa shape index (κ2) is 3.62. The number of imide groups is 1. The fourth-order valence-electron chi connectivity index (χ4n) is 1.52. The van der Waals surface area contributed by atoms with Gasteiger partial charge < -0.3 is 9.64 Å². The maximum atomic E-state index is 11.4. The van der Waals surface area contributed by atoms with Gasteiger partial charge >= 0.3 is 0 Å². The van der Waals surface area contributed by atoms with Crippen LogP contribution in [-0.4, -0.2) is 43.0 Å². The van der Waals surface area contributed by atoms with Gasteiger partial charge in [0.05, 0.1) is 18.1 Å². The Labute approximate surface area is 86.5 Å². The Morgan fingerprint density at radius 3 is 2.36 bits per heavy atom. The Morgan fingerprint density at radius 2 is 1.86 bits per heavy atom. The Hall–Kier alpha value is -1.01. The van der Waals surface area contributed by atoms with E-state index in [0.717, 1.165) is 0 Å². The molecule has 1 fully saturated rings. The quantitative estimate of drug-likeness (QED) is 0.439. The number of rotatable bonds is 1. The highest BCUT2D eigenvalue weighted by Crippen LogP contribution is 2.20. The Balaban J connectivity index is 2.23. The van der Waals surface area contributed by atoms with Gasteiger partial charge in [0, 0.05) is 13.1 Å². The highest BCUT2D eigenvalue weighted by Gasteiger charge is 2.32. The first-order valence-electron chi connectivity index (χ1n) is 4.32. The van der Waals surface area contributed by atoms with E-state index >= 15 is 0 Å². The first kappa shape index (κ1) is 9.54. The fraction of sp³-hybridized carbons (Fsp3) is 0.500. The van der Waals surface area contributed by atoms with E-state index in [1.165, 1.54) is 0 Å². The first-order valence-corrected chi connectivity index (χ1v) is 4.76. The SMILES string of the molecule is O=C1NC(=O)C(N2CCOCC2)=C1S. The minimum absolute atomic E-state index is 0.205. The van der Waals surface area contributed by atoms with E-state index in [-0.39, 0.29) is 10.8 Å². The van der Waals surface area contributed by atoms with Crippen molar-refractivity contribution in [1.29, 1.82) is 0 Å². The third-order valence-corrected chi connectivity index (χ3v) is 2.62. The molecule has 0 atom stereocenters. The van der Waals surface area contributed by atoms with Crippen molar-refractivity contribution in [3.05, 3.63) is 10.6 Å². The molecule has 14 heavy (non-hydrogen) atoms. The van der Waals surface area contributed by atoms with Crippen LogP contribution in [-0.2, 0) is 14.3 Å². The van der Waals surface area contributed by atoms with Gasteiger partial charge in [0.2, 0.25) is 0 Å². The maximum Gasteiger partial charge on any atom is 0.275 e. The number of nitrogens with zero attached hydrogens (tertiary/aromatic N) is 1. The number of ether oxygens (including phenoxy) is 1. The van der Waals surface area contributed by atoms with Crippen LogP contribution in [0.15, 0.2) is 10.6 Å². The van der Waals surface area contributed by atoms with Crippen LogP contribution >= 0.6 is 12.6 Å². The highest BCUT2D eigenvalue weighted by molar-refractivity contribution is 7.85. The minimum Gasteiger partial charge on any atom is -0.378 e. The average Bonchev–Trinajstić information content (AvgIpc) is 2.43. The molecule has 0 aromatic heterocycles. The number of thiol groups is 1. The molecule has 0 aromatic carbocycles. The zero-order valence-electron chi connectivity index (χ0n) is 7.45. The van der Waals surface area contributed by atoms with Crippen LogP contribution in [0.5, 0.6) is 0 Å². The first-order chi connectivity index (χ1) is 6.70. The molecule has 0 aliphatic carbocycles. The second-order valence-corrected chi connectivity index (χ2v) is 3.53. The molecule has 2 aliphatic heterocycles. The van der Waals surface area contributed by atoms with Crippen molar-refractivity contribution >= 4 is 24.4 Å². The van der Waals surface area contributed by atoms with E-state index in [2.05, 4.69) is 17.9 Å². The van der Waals surface area contributed by atoms with Gasteiger partial charge in [-0.1, -0.05) is 0 Å². The standard InChI is InChI=1S/C8H10N2O3S/c11-7-5(6(14)8(12)9-7)10-1-3-13-4-2-10/h1-4H2,(H2,9,11,12,14). The molecule has 2 amide bonds. The fourth-order valence-corrected chi connectivity index (χ4v) is 1.82. The van der Waals surface area contributed by atoms with Crippen LogP contribution in [0, 0.1) is 0 Å². The molecule has 0 aromatic rings. The second-order valence-electron chi connectivity index (χ2n) is 3.08. The van der Waals surface area contributed by atoms with E-state index in [4.69, 9.17) is 4.74 Å². The van der Waals surface area contributed by atoms with E-state index in [1.54, 1.807) is 0 Å². The lowest BCUT2D eigenvalue weighted by Gasteiger charge is -2.28. The van der Waals surface area contributed by atoms with Crippen LogP contribution in [0.4, 0.5) is 0 Å².